The number of nitrogens with two attached hydrogens (primary N) is 1. The highest BCUT2D eigenvalue weighted by atomic mass is 19.4. The van der Waals surface area contributed by atoms with Crippen molar-refractivity contribution < 1.29 is 17.9 Å². The minimum absolute atomic E-state index is 0.0520. The van der Waals surface area contributed by atoms with Gasteiger partial charge in [0.1, 0.15) is 11.4 Å². The summed E-state index contributed by atoms with van der Waals surface area (Å²) in [6.07, 6.45) is 0.835. The van der Waals surface area contributed by atoms with E-state index in [1.807, 2.05) is 36.1 Å². The molecule has 0 atom stereocenters. The molecule has 9 heteroatoms. The third-order valence-corrected chi connectivity index (χ3v) is 4.26. The Labute approximate surface area is 158 Å². The molecule has 4 rings (SSSR count). The Morgan fingerprint density at radius 2 is 2.00 bits per heavy atom. The quantitative estimate of drug-likeness (QED) is 0.574. The molecule has 3 heterocycles. The normalized spacial score (nSPS) is 11.9. The summed E-state index contributed by atoms with van der Waals surface area (Å²) in [7, 11) is 1.82. The molecular weight excluding hydrogens is 371 g/mol. The predicted molar refractivity (Wildman–Crippen MR) is 97.2 cm³/mol. The first kappa shape index (κ1) is 18.1. The van der Waals surface area contributed by atoms with E-state index in [-0.39, 0.29) is 18.0 Å². The lowest BCUT2D eigenvalue weighted by molar-refractivity contribution is -0.141. The van der Waals surface area contributed by atoms with Crippen LogP contribution in [0.5, 0.6) is 11.6 Å². The second kappa shape index (κ2) is 6.68. The zero-order valence-corrected chi connectivity index (χ0v) is 14.8. The lowest BCUT2D eigenvalue weighted by Crippen LogP contribution is -2.10. The van der Waals surface area contributed by atoms with Gasteiger partial charge in [-0.3, -0.25) is 4.68 Å². The summed E-state index contributed by atoms with van der Waals surface area (Å²) in [6.45, 7) is -0.0520. The summed E-state index contributed by atoms with van der Waals surface area (Å²) in [6, 6.07) is 9.50. The van der Waals surface area contributed by atoms with Gasteiger partial charge >= 0.3 is 6.18 Å². The summed E-state index contributed by atoms with van der Waals surface area (Å²) in [5, 5.41) is 4.89. The summed E-state index contributed by atoms with van der Waals surface area (Å²) in [4.78, 5) is 3.60. The molecule has 3 aromatic heterocycles. The maximum atomic E-state index is 13.1. The van der Waals surface area contributed by atoms with Gasteiger partial charge in [-0.15, -0.1) is 0 Å². The zero-order valence-electron chi connectivity index (χ0n) is 14.8. The fraction of sp³-hybridized carbons (Fsp3) is 0.158. The Morgan fingerprint density at radius 1 is 1.18 bits per heavy atom. The molecule has 0 saturated carbocycles. The van der Waals surface area contributed by atoms with Crippen molar-refractivity contribution in [3.63, 3.8) is 0 Å². The van der Waals surface area contributed by atoms with Crippen molar-refractivity contribution >= 4 is 10.9 Å². The highest BCUT2D eigenvalue weighted by Gasteiger charge is 2.33. The third-order valence-electron chi connectivity index (χ3n) is 4.26. The second-order valence-electron chi connectivity index (χ2n) is 6.25. The molecule has 0 amide bonds. The minimum Gasteiger partial charge on any atom is -0.438 e. The fourth-order valence-electron chi connectivity index (χ4n) is 2.97. The van der Waals surface area contributed by atoms with Crippen LogP contribution in [0.15, 0.2) is 55.0 Å². The van der Waals surface area contributed by atoms with E-state index in [4.69, 9.17) is 10.5 Å². The van der Waals surface area contributed by atoms with Gasteiger partial charge in [0.15, 0.2) is 0 Å². The van der Waals surface area contributed by atoms with E-state index in [1.165, 1.54) is 6.07 Å². The van der Waals surface area contributed by atoms with Crippen molar-refractivity contribution in [2.45, 2.75) is 12.7 Å². The van der Waals surface area contributed by atoms with Gasteiger partial charge in [0, 0.05) is 37.4 Å². The molecule has 28 heavy (non-hydrogen) atoms. The van der Waals surface area contributed by atoms with Gasteiger partial charge in [-0.25, -0.2) is 4.98 Å². The van der Waals surface area contributed by atoms with Crippen molar-refractivity contribution in [2.24, 2.45) is 12.8 Å². The van der Waals surface area contributed by atoms with Crippen LogP contribution in [-0.4, -0.2) is 19.3 Å². The van der Waals surface area contributed by atoms with Crippen LogP contribution in [0.3, 0.4) is 0 Å². The lowest BCUT2D eigenvalue weighted by atomic mass is 10.2. The van der Waals surface area contributed by atoms with Crippen LogP contribution in [0.25, 0.3) is 16.6 Å². The van der Waals surface area contributed by atoms with Crippen molar-refractivity contribution in [2.75, 3.05) is 0 Å². The van der Waals surface area contributed by atoms with Crippen LogP contribution in [0.2, 0.25) is 0 Å². The van der Waals surface area contributed by atoms with Crippen LogP contribution >= 0.6 is 0 Å². The van der Waals surface area contributed by atoms with Crippen LogP contribution in [0.1, 0.15) is 11.3 Å². The maximum absolute atomic E-state index is 13.1. The van der Waals surface area contributed by atoms with Gasteiger partial charge in [-0.05, 0) is 29.8 Å². The smallest absolute Gasteiger partial charge is 0.433 e. The Kier molecular flexibility index (Phi) is 4.31. The summed E-state index contributed by atoms with van der Waals surface area (Å²) >= 11 is 0. The van der Waals surface area contributed by atoms with E-state index in [0.29, 0.717) is 5.75 Å². The highest BCUT2D eigenvalue weighted by Crippen LogP contribution is 2.34. The molecule has 0 saturated heterocycles. The molecule has 0 aliphatic rings. The van der Waals surface area contributed by atoms with E-state index < -0.39 is 11.9 Å². The average molecular weight is 387 g/mol. The number of hydrogen-bond donors (Lipinski definition) is 1. The van der Waals surface area contributed by atoms with Crippen molar-refractivity contribution in [1.82, 2.24) is 19.3 Å². The largest absolute Gasteiger partial charge is 0.438 e. The SMILES string of the molecule is Cn1cc(-n2ccc3c(Oc4cc(CN)cc(C(F)(F)F)n4)cccc32)cn1. The second-order valence-corrected chi connectivity index (χ2v) is 6.25. The Morgan fingerprint density at radius 3 is 2.68 bits per heavy atom. The molecule has 1 aromatic carbocycles. The first-order chi connectivity index (χ1) is 13.3. The monoisotopic (exact) mass is 387 g/mol. The number of halogens is 3. The van der Waals surface area contributed by atoms with Crippen molar-refractivity contribution in [3.05, 3.63) is 66.2 Å². The topological polar surface area (TPSA) is 70.9 Å². The number of alkyl halides is 3. The molecule has 0 aliphatic carbocycles. The van der Waals surface area contributed by atoms with Gasteiger partial charge in [-0.1, -0.05) is 6.07 Å². The number of benzene rings is 1. The summed E-state index contributed by atoms with van der Waals surface area (Å²) in [5.74, 6) is 0.242. The number of ether oxygens (including phenoxy) is 1. The number of hydrogen-bond acceptors (Lipinski definition) is 4. The average Bonchev–Trinajstić information content (AvgIpc) is 3.27. The number of nitrogens with zero attached hydrogens (tertiary/aromatic N) is 4. The van der Waals surface area contributed by atoms with Crippen molar-refractivity contribution in [1.29, 1.82) is 0 Å². The molecule has 0 fully saturated rings. The van der Waals surface area contributed by atoms with Gasteiger partial charge in [0.2, 0.25) is 5.88 Å². The van der Waals surface area contributed by atoms with Crippen LogP contribution in [0.4, 0.5) is 13.2 Å². The number of pyridine rings is 1. The molecule has 144 valence electrons. The molecular formula is C19H16F3N5O. The van der Waals surface area contributed by atoms with E-state index in [0.717, 1.165) is 22.7 Å². The Hall–Kier alpha value is -3.33. The van der Waals surface area contributed by atoms with E-state index in [2.05, 4.69) is 10.1 Å². The molecule has 2 N–H and O–H groups in total. The van der Waals surface area contributed by atoms with Gasteiger partial charge < -0.3 is 15.0 Å². The van der Waals surface area contributed by atoms with Crippen LogP contribution in [-0.2, 0) is 19.8 Å². The number of fused-ring (bicyclic) bond motifs is 1. The Bertz CT molecular complexity index is 1150. The van der Waals surface area contributed by atoms with Crippen LogP contribution in [0, 0.1) is 0 Å². The minimum atomic E-state index is -4.58. The molecule has 6 nitrogen and oxygen atoms in total. The third kappa shape index (κ3) is 3.31. The van der Waals surface area contributed by atoms with Gasteiger partial charge in [-0.2, -0.15) is 18.3 Å². The summed E-state index contributed by atoms with van der Waals surface area (Å²) < 4.78 is 48.6. The van der Waals surface area contributed by atoms with Crippen molar-refractivity contribution in [3.8, 4) is 17.3 Å². The molecule has 0 bridgehead atoms. The van der Waals surface area contributed by atoms with Gasteiger partial charge in [0.25, 0.3) is 0 Å². The molecule has 0 spiro atoms. The van der Waals surface area contributed by atoms with Gasteiger partial charge in [0.05, 0.1) is 17.4 Å². The van der Waals surface area contributed by atoms with E-state index in [9.17, 15) is 13.2 Å². The van der Waals surface area contributed by atoms with E-state index in [1.54, 1.807) is 23.0 Å². The van der Waals surface area contributed by atoms with Crippen LogP contribution < -0.4 is 10.5 Å². The zero-order chi connectivity index (χ0) is 19.9. The number of rotatable bonds is 4. The predicted octanol–water partition coefficient (Wildman–Crippen LogP) is 4.03. The Balaban J connectivity index is 1.76. The standard InChI is InChI=1S/C19H16F3N5O/c1-26-11-13(10-24-26)27-6-5-14-15(27)3-2-4-16(14)28-18-8-12(9-23)7-17(25-18)19(20,21)22/h2-8,10-11H,9,23H2,1H3. The first-order valence-corrected chi connectivity index (χ1v) is 8.40. The lowest BCUT2D eigenvalue weighted by Gasteiger charge is -2.12. The number of aryl methyl sites for hydroxylation is 1. The highest BCUT2D eigenvalue weighted by molar-refractivity contribution is 5.88. The molecule has 0 unspecified atom stereocenters. The maximum Gasteiger partial charge on any atom is 0.433 e. The van der Waals surface area contributed by atoms with E-state index >= 15 is 0 Å². The molecule has 4 aromatic rings. The fourth-order valence-corrected chi connectivity index (χ4v) is 2.97. The summed E-state index contributed by atoms with van der Waals surface area (Å²) in [5.41, 5.74) is 6.46. The molecule has 0 radical (unpaired) electrons. The number of aromatic nitrogens is 4. The molecule has 0 aliphatic heterocycles. The first-order valence-electron chi connectivity index (χ1n) is 8.40.